The summed E-state index contributed by atoms with van der Waals surface area (Å²) in [6, 6.07) is 12.4. The van der Waals surface area contributed by atoms with Crippen molar-refractivity contribution < 1.29 is 69.5 Å². The van der Waals surface area contributed by atoms with Crippen molar-refractivity contribution in [1.82, 2.24) is 10.4 Å². The number of ether oxygens (including phenoxy) is 5. The third-order valence-corrected chi connectivity index (χ3v) is 12.8. The Balaban J connectivity index is 1.70. The van der Waals surface area contributed by atoms with Gasteiger partial charge in [0.25, 0.3) is 5.91 Å². The number of benzene rings is 3. The number of sulfone groups is 1. The van der Waals surface area contributed by atoms with E-state index in [9.17, 15) is 27.1 Å². The first-order valence-corrected chi connectivity index (χ1v) is 24.4. The minimum Gasteiger partial charge on any atom is -0.496 e. The average Bonchev–Trinajstić information content (AvgIpc) is 3.23. The van der Waals surface area contributed by atoms with E-state index in [1.54, 1.807) is 32.9 Å². The first-order chi connectivity index (χ1) is 29.7. The summed E-state index contributed by atoms with van der Waals surface area (Å²) in [5, 5.41) is 18.0. The van der Waals surface area contributed by atoms with E-state index in [1.807, 2.05) is 0 Å². The summed E-state index contributed by atoms with van der Waals surface area (Å²) in [5.74, 6) is -0.481. The fraction of sp³-hybridized carbons (Fsp3) is 0.429. The van der Waals surface area contributed by atoms with Crippen molar-refractivity contribution in [3.05, 3.63) is 76.7 Å². The molecule has 346 valence electrons. The fourth-order valence-corrected chi connectivity index (χ4v) is 9.11. The second-order valence-electron chi connectivity index (χ2n) is 14.6. The van der Waals surface area contributed by atoms with E-state index in [1.165, 1.54) is 83.9 Å². The molecule has 3 unspecified atom stereocenters. The van der Waals surface area contributed by atoms with Crippen LogP contribution in [0.15, 0.2) is 60.0 Å². The predicted molar refractivity (Wildman–Crippen MR) is 239 cm³/mol. The molecule has 63 heavy (non-hydrogen) atoms. The van der Waals surface area contributed by atoms with Crippen LogP contribution in [0.1, 0.15) is 68.4 Å². The van der Waals surface area contributed by atoms with Gasteiger partial charge in [0.1, 0.15) is 28.9 Å². The predicted octanol–water partition coefficient (Wildman–Crippen LogP) is 6.93. The second-order valence-corrected chi connectivity index (χ2v) is 20.0. The first-order valence-electron chi connectivity index (χ1n) is 19.5. The molecule has 0 radical (unpaired) electrons. The maximum atomic E-state index is 14.4. The maximum absolute atomic E-state index is 14.4. The Bertz CT molecular complexity index is 2270. The normalized spacial score (nSPS) is 14.0. The SMILES string of the molecule is C#CP(=O)(Nc1ccc(C(=O)NCCCCCOP(=O)(NC(C)C(=O)OC(C)(C)C)Oc2cc(CS(=O)(=O)/C=C/c3c(OC)cc(OC)cc3OC)ccc2OC)cc1)OCCO. The number of aliphatic hydroxyl groups excluding tert-OH is 1. The summed E-state index contributed by atoms with van der Waals surface area (Å²) >= 11 is 0. The van der Waals surface area contributed by atoms with E-state index < -0.39 is 48.5 Å². The zero-order valence-electron chi connectivity index (χ0n) is 36.6. The number of unbranched alkanes of at least 4 members (excludes halogenated alkanes) is 2. The highest BCUT2D eigenvalue weighted by Crippen LogP contribution is 2.48. The molecule has 18 nitrogen and oxygen atoms in total. The van der Waals surface area contributed by atoms with E-state index in [4.69, 9.17) is 48.8 Å². The van der Waals surface area contributed by atoms with E-state index in [0.717, 1.165) is 5.41 Å². The van der Waals surface area contributed by atoms with Gasteiger partial charge in [0.05, 0.1) is 59.6 Å². The minimum atomic E-state index is -4.40. The Morgan fingerprint density at radius 2 is 1.51 bits per heavy atom. The van der Waals surface area contributed by atoms with Crippen LogP contribution in [0.3, 0.4) is 0 Å². The third-order valence-electron chi connectivity index (χ3n) is 8.45. The highest BCUT2D eigenvalue weighted by molar-refractivity contribution is 7.93. The standard InChI is InChI=1S/C42H57N3O15P2S/c1-10-61(49,57-24-22-46)45-33-17-15-32(16-18-33)40(47)43-21-12-11-13-23-58-62(50,44-30(2)41(48)59-42(3,4)5)60-39-26-31(14-19-36(39)54-7)29-63(51,52)25-20-35-37(55-8)27-34(53-6)28-38(35)56-9/h1,14-20,25-28,30,46H,11-13,21-24,29H2,2-9H3,(H,43,47)(H,44,50)(H,45,49)/b25-20+. The summed E-state index contributed by atoms with van der Waals surface area (Å²) in [6.07, 6.45) is 8.08. The van der Waals surface area contributed by atoms with Crippen LogP contribution < -0.4 is 39.0 Å². The molecule has 4 N–H and O–H groups in total. The van der Waals surface area contributed by atoms with Gasteiger partial charge in [-0.2, -0.15) is 5.09 Å². The van der Waals surface area contributed by atoms with Gasteiger partial charge >= 0.3 is 21.2 Å². The lowest BCUT2D eigenvalue weighted by molar-refractivity contribution is -0.156. The number of esters is 1. The molecule has 3 aromatic carbocycles. The number of hydrogen-bond donors (Lipinski definition) is 4. The highest BCUT2D eigenvalue weighted by Gasteiger charge is 2.34. The molecule has 0 bridgehead atoms. The van der Waals surface area contributed by atoms with E-state index in [2.05, 4.69) is 21.2 Å². The van der Waals surface area contributed by atoms with Gasteiger partial charge in [0, 0.05) is 41.0 Å². The van der Waals surface area contributed by atoms with Crippen LogP contribution in [-0.2, 0) is 43.3 Å². The van der Waals surface area contributed by atoms with Crippen LogP contribution >= 0.6 is 15.3 Å². The molecule has 1 amide bonds. The molecule has 0 spiro atoms. The van der Waals surface area contributed by atoms with Gasteiger partial charge in [-0.25, -0.2) is 13.0 Å². The Kier molecular flexibility index (Phi) is 20.0. The van der Waals surface area contributed by atoms with Crippen molar-refractivity contribution >= 4 is 48.7 Å². The number of methoxy groups -OCH3 is 4. The molecule has 3 atom stereocenters. The van der Waals surface area contributed by atoms with Crippen LogP contribution in [-0.4, -0.2) is 91.8 Å². The molecule has 0 aromatic heterocycles. The minimum absolute atomic E-state index is 0.100. The average molecular weight is 938 g/mol. The van der Waals surface area contributed by atoms with Crippen molar-refractivity contribution in [2.24, 2.45) is 0 Å². The lowest BCUT2D eigenvalue weighted by Crippen LogP contribution is -2.38. The Morgan fingerprint density at radius 1 is 0.857 bits per heavy atom. The molecule has 0 aliphatic rings. The largest absolute Gasteiger partial charge is 0.496 e. The summed E-state index contributed by atoms with van der Waals surface area (Å²) in [6.45, 7) is 6.12. The second kappa shape index (κ2) is 24.1. The van der Waals surface area contributed by atoms with Crippen LogP contribution in [0.2, 0.25) is 0 Å². The number of amides is 1. The van der Waals surface area contributed by atoms with Crippen LogP contribution in [0.25, 0.3) is 6.08 Å². The Hall–Kier alpha value is -5.05. The molecule has 3 rings (SSSR count). The topological polar surface area (TPSA) is 233 Å². The van der Waals surface area contributed by atoms with Crippen molar-refractivity contribution in [1.29, 1.82) is 0 Å². The monoisotopic (exact) mass is 937 g/mol. The number of rotatable bonds is 26. The molecule has 3 aromatic rings. The maximum Gasteiger partial charge on any atom is 0.459 e. The summed E-state index contributed by atoms with van der Waals surface area (Å²) in [5.41, 5.74) is 2.53. The summed E-state index contributed by atoms with van der Waals surface area (Å²) < 4.78 is 97.5. The van der Waals surface area contributed by atoms with Gasteiger partial charge < -0.3 is 48.2 Å². The Labute approximate surface area is 369 Å². The van der Waals surface area contributed by atoms with Crippen LogP contribution in [0.5, 0.6) is 28.7 Å². The number of anilines is 1. The van der Waals surface area contributed by atoms with Gasteiger partial charge in [-0.05, 0) is 95.0 Å². The summed E-state index contributed by atoms with van der Waals surface area (Å²) in [7, 11) is -6.31. The van der Waals surface area contributed by atoms with Crippen molar-refractivity contribution in [2.75, 3.05) is 59.9 Å². The van der Waals surface area contributed by atoms with Crippen LogP contribution in [0.4, 0.5) is 5.69 Å². The molecular weight excluding hydrogens is 880 g/mol. The number of nitrogens with one attached hydrogen (secondary N) is 3. The number of carbonyl (C=O) groups excluding carboxylic acids is 2. The highest BCUT2D eigenvalue weighted by atomic mass is 32.2. The zero-order chi connectivity index (χ0) is 46.8. The zero-order valence-corrected chi connectivity index (χ0v) is 39.2. The Morgan fingerprint density at radius 3 is 2.08 bits per heavy atom. The molecule has 0 saturated heterocycles. The molecule has 0 fully saturated rings. The number of carbonyl (C=O) groups is 2. The molecular formula is C42H57N3O15P2S. The van der Waals surface area contributed by atoms with Gasteiger partial charge in [-0.15, -0.1) is 6.42 Å². The molecule has 0 heterocycles. The quantitative estimate of drug-likeness (QED) is 0.0276. The molecule has 0 aliphatic heterocycles. The molecule has 0 aliphatic carbocycles. The number of hydrogen-bond acceptors (Lipinski definition) is 15. The first kappa shape index (κ1) is 52.3. The van der Waals surface area contributed by atoms with E-state index in [0.29, 0.717) is 59.9 Å². The molecule has 0 saturated carbocycles. The smallest absolute Gasteiger partial charge is 0.459 e. The van der Waals surface area contributed by atoms with Crippen molar-refractivity contribution in [3.63, 3.8) is 0 Å². The molecule has 21 heteroatoms. The van der Waals surface area contributed by atoms with Gasteiger partial charge in [0.2, 0.25) is 0 Å². The lowest BCUT2D eigenvalue weighted by atomic mass is 10.1. The summed E-state index contributed by atoms with van der Waals surface area (Å²) in [4.78, 5) is 25.7. The van der Waals surface area contributed by atoms with E-state index >= 15 is 0 Å². The fourth-order valence-electron chi connectivity index (χ4n) is 5.46. The van der Waals surface area contributed by atoms with Gasteiger partial charge in [0.15, 0.2) is 21.3 Å². The number of aliphatic hydroxyl groups is 1. The van der Waals surface area contributed by atoms with Crippen LogP contribution in [0, 0.1) is 12.1 Å². The van der Waals surface area contributed by atoms with E-state index in [-0.39, 0.29) is 42.8 Å². The van der Waals surface area contributed by atoms with Crippen molar-refractivity contribution in [3.8, 4) is 40.8 Å². The third kappa shape index (κ3) is 17.2. The van der Waals surface area contributed by atoms with Gasteiger partial charge in [-0.3, -0.25) is 18.7 Å². The number of terminal acetylenes is 1. The van der Waals surface area contributed by atoms with Gasteiger partial charge in [-0.1, -0.05) is 6.07 Å². The lowest BCUT2D eigenvalue weighted by Gasteiger charge is -2.26. The van der Waals surface area contributed by atoms with Crippen molar-refractivity contribution in [2.45, 2.75) is 64.4 Å².